The molecule has 4 rings (SSSR count). The predicted molar refractivity (Wildman–Crippen MR) is 102 cm³/mol. The smallest absolute Gasteiger partial charge is 0.285 e. The standard InChI is InChI=1S/C18H14ClFN6O3/c19-15-13(6-24-25-17(15)28)26-4-3-10-12(7-26)22-8-23-18(10)29-14-2-1-9(20)5-11(14)16(21)27/h1-2,5-6,8H,3-4,7H2,(H2,21,27)(H,25,28). The number of amides is 1. The van der Waals surface area contributed by atoms with Crippen LogP contribution in [0, 0.1) is 5.82 Å². The maximum atomic E-state index is 13.5. The van der Waals surface area contributed by atoms with Gasteiger partial charge in [-0.1, -0.05) is 11.6 Å². The summed E-state index contributed by atoms with van der Waals surface area (Å²) in [4.78, 5) is 33.6. The van der Waals surface area contributed by atoms with Crippen LogP contribution in [-0.4, -0.2) is 32.6 Å². The fourth-order valence-corrected chi connectivity index (χ4v) is 3.31. The Morgan fingerprint density at radius 1 is 1.34 bits per heavy atom. The van der Waals surface area contributed by atoms with Crippen molar-refractivity contribution in [2.75, 3.05) is 11.4 Å². The summed E-state index contributed by atoms with van der Waals surface area (Å²) in [7, 11) is 0. The number of ether oxygens (including phenoxy) is 1. The Morgan fingerprint density at radius 2 is 2.17 bits per heavy atom. The van der Waals surface area contributed by atoms with E-state index in [1.807, 2.05) is 4.90 Å². The van der Waals surface area contributed by atoms with Crippen LogP contribution in [0.15, 0.2) is 35.5 Å². The van der Waals surface area contributed by atoms with Crippen molar-refractivity contribution < 1.29 is 13.9 Å². The van der Waals surface area contributed by atoms with Crippen LogP contribution in [0.2, 0.25) is 5.02 Å². The molecule has 1 aliphatic rings. The monoisotopic (exact) mass is 416 g/mol. The SMILES string of the molecule is NC(=O)c1cc(F)ccc1Oc1ncnc2c1CCN(c1cn[nH]c(=O)c1Cl)C2. The Hall–Kier alpha value is -3.53. The number of nitrogens with zero attached hydrogens (tertiary/aromatic N) is 4. The largest absolute Gasteiger partial charge is 0.438 e. The van der Waals surface area contributed by atoms with Crippen LogP contribution < -0.4 is 20.9 Å². The summed E-state index contributed by atoms with van der Waals surface area (Å²) in [5.41, 5.74) is 6.65. The van der Waals surface area contributed by atoms with Gasteiger partial charge in [-0.25, -0.2) is 19.5 Å². The molecule has 3 heterocycles. The molecular formula is C18H14ClFN6O3. The molecule has 0 saturated heterocycles. The zero-order valence-corrected chi connectivity index (χ0v) is 15.6. The lowest BCUT2D eigenvalue weighted by molar-refractivity contribution is 0.0997. The number of hydrogen-bond donors (Lipinski definition) is 2. The topological polar surface area (TPSA) is 127 Å². The fourth-order valence-electron chi connectivity index (χ4n) is 3.10. The Labute approximate surface area is 168 Å². The van der Waals surface area contributed by atoms with Gasteiger partial charge in [0.15, 0.2) is 0 Å². The van der Waals surface area contributed by atoms with Crippen LogP contribution in [0.5, 0.6) is 11.6 Å². The Morgan fingerprint density at radius 3 is 2.97 bits per heavy atom. The first-order chi connectivity index (χ1) is 13.9. The van der Waals surface area contributed by atoms with Crippen molar-refractivity contribution in [3.8, 4) is 11.6 Å². The number of nitrogens with one attached hydrogen (secondary N) is 1. The number of hydrogen-bond acceptors (Lipinski definition) is 7. The van der Waals surface area contributed by atoms with Crippen LogP contribution in [0.25, 0.3) is 0 Å². The molecule has 3 N–H and O–H groups in total. The van der Waals surface area contributed by atoms with E-state index in [9.17, 15) is 14.0 Å². The molecule has 2 aromatic heterocycles. The van der Waals surface area contributed by atoms with Gasteiger partial charge >= 0.3 is 0 Å². The minimum Gasteiger partial charge on any atom is -0.438 e. The van der Waals surface area contributed by atoms with Gasteiger partial charge in [-0.15, -0.1) is 0 Å². The molecule has 0 unspecified atom stereocenters. The quantitative estimate of drug-likeness (QED) is 0.663. The van der Waals surface area contributed by atoms with E-state index in [4.69, 9.17) is 22.1 Å². The third-order valence-electron chi connectivity index (χ3n) is 4.50. The van der Waals surface area contributed by atoms with Crippen LogP contribution in [0.1, 0.15) is 21.6 Å². The molecule has 11 heteroatoms. The highest BCUT2D eigenvalue weighted by molar-refractivity contribution is 6.33. The van der Waals surface area contributed by atoms with Gasteiger partial charge in [0.25, 0.3) is 11.5 Å². The van der Waals surface area contributed by atoms with E-state index in [2.05, 4.69) is 20.2 Å². The molecule has 0 spiro atoms. The second-order valence-corrected chi connectivity index (χ2v) is 6.66. The van der Waals surface area contributed by atoms with Crippen molar-refractivity contribution in [1.29, 1.82) is 0 Å². The average Bonchev–Trinajstić information content (AvgIpc) is 2.71. The number of primary amides is 1. The van der Waals surface area contributed by atoms with E-state index in [1.54, 1.807) is 0 Å². The second-order valence-electron chi connectivity index (χ2n) is 6.28. The number of carbonyl (C=O) groups is 1. The highest BCUT2D eigenvalue weighted by atomic mass is 35.5. The molecular weight excluding hydrogens is 403 g/mol. The molecule has 1 aromatic carbocycles. The highest BCUT2D eigenvalue weighted by Gasteiger charge is 2.25. The van der Waals surface area contributed by atoms with E-state index in [0.717, 1.165) is 11.6 Å². The molecule has 0 fully saturated rings. The number of fused-ring (bicyclic) bond motifs is 1. The first kappa shape index (κ1) is 18.8. The number of anilines is 1. The summed E-state index contributed by atoms with van der Waals surface area (Å²) in [6.45, 7) is 0.860. The van der Waals surface area contributed by atoms with Gasteiger partial charge in [0.05, 0.1) is 29.7 Å². The summed E-state index contributed by atoms with van der Waals surface area (Å²) in [6, 6.07) is 3.49. The zero-order chi connectivity index (χ0) is 20.5. The van der Waals surface area contributed by atoms with Crippen molar-refractivity contribution >= 4 is 23.2 Å². The molecule has 1 amide bonds. The Kier molecular flexibility index (Phi) is 4.85. The van der Waals surface area contributed by atoms with Crippen LogP contribution >= 0.6 is 11.6 Å². The molecule has 0 bridgehead atoms. The van der Waals surface area contributed by atoms with E-state index in [-0.39, 0.29) is 22.2 Å². The maximum absolute atomic E-state index is 13.5. The molecule has 0 radical (unpaired) electrons. The minimum atomic E-state index is -0.815. The Bertz CT molecular complexity index is 1170. The van der Waals surface area contributed by atoms with Crippen molar-refractivity contribution in [2.24, 2.45) is 5.73 Å². The van der Waals surface area contributed by atoms with E-state index >= 15 is 0 Å². The van der Waals surface area contributed by atoms with Gasteiger partial charge in [0, 0.05) is 12.1 Å². The third kappa shape index (κ3) is 3.61. The van der Waals surface area contributed by atoms with Gasteiger partial charge < -0.3 is 15.4 Å². The first-order valence-electron chi connectivity index (χ1n) is 8.52. The molecule has 0 aliphatic carbocycles. The molecule has 0 atom stereocenters. The fraction of sp³-hybridized carbons (Fsp3) is 0.167. The second kappa shape index (κ2) is 7.47. The molecule has 9 nitrogen and oxygen atoms in total. The van der Waals surface area contributed by atoms with Crippen molar-refractivity contribution in [3.05, 3.63) is 68.7 Å². The zero-order valence-electron chi connectivity index (χ0n) is 14.9. The summed E-state index contributed by atoms with van der Waals surface area (Å²) in [6.07, 6.45) is 3.29. The number of halogens is 2. The van der Waals surface area contributed by atoms with Gasteiger partial charge in [-0.2, -0.15) is 5.10 Å². The molecule has 0 saturated carbocycles. The van der Waals surface area contributed by atoms with Crippen LogP contribution in [-0.2, 0) is 13.0 Å². The van der Waals surface area contributed by atoms with Crippen molar-refractivity contribution in [2.45, 2.75) is 13.0 Å². The molecule has 3 aromatic rings. The van der Waals surface area contributed by atoms with Crippen LogP contribution in [0.3, 0.4) is 0 Å². The number of carbonyl (C=O) groups excluding carboxylic acids is 1. The number of rotatable bonds is 4. The van der Waals surface area contributed by atoms with E-state index in [1.165, 1.54) is 24.7 Å². The van der Waals surface area contributed by atoms with Crippen LogP contribution in [0.4, 0.5) is 10.1 Å². The lowest BCUT2D eigenvalue weighted by Crippen LogP contribution is -2.33. The van der Waals surface area contributed by atoms with E-state index < -0.39 is 17.3 Å². The maximum Gasteiger partial charge on any atom is 0.285 e. The predicted octanol–water partition coefficient (Wildman–Crippen LogP) is 1.81. The minimum absolute atomic E-state index is 0.0476. The highest BCUT2D eigenvalue weighted by Crippen LogP contribution is 2.32. The van der Waals surface area contributed by atoms with Gasteiger partial charge in [0.1, 0.15) is 22.9 Å². The molecule has 29 heavy (non-hydrogen) atoms. The van der Waals surface area contributed by atoms with E-state index in [0.29, 0.717) is 30.9 Å². The summed E-state index contributed by atoms with van der Waals surface area (Å²) >= 11 is 6.09. The number of nitrogens with two attached hydrogens (primary N) is 1. The summed E-state index contributed by atoms with van der Waals surface area (Å²) < 4.78 is 19.2. The van der Waals surface area contributed by atoms with Gasteiger partial charge in [-0.05, 0) is 24.6 Å². The van der Waals surface area contributed by atoms with Gasteiger partial charge in [-0.3, -0.25) is 9.59 Å². The molecule has 148 valence electrons. The average molecular weight is 417 g/mol. The number of H-pyrrole nitrogens is 1. The third-order valence-corrected chi connectivity index (χ3v) is 4.86. The number of benzene rings is 1. The molecule has 1 aliphatic heterocycles. The normalized spacial score (nSPS) is 13.1. The Balaban J connectivity index is 1.65. The number of aromatic amines is 1. The van der Waals surface area contributed by atoms with Crippen molar-refractivity contribution in [1.82, 2.24) is 20.2 Å². The summed E-state index contributed by atoms with van der Waals surface area (Å²) in [5.74, 6) is -1.07. The van der Waals surface area contributed by atoms with Crippen molar-refractivity contribution in [3.63, 3.8) is 0 Å². The summed E-state index contributed by atoms with van der Waals surface area (Å²) in [5, 5.41) is 6.11. The van der Waals surface area contributed by atoms with Gasteiger partial charge in [0.2, 0.25) is 5.88 Å². The lowest BCUT2D eigenvalue weighted by atomic mass is 10.1. The number of aromatic nitrogens is 4. The lowest BCUT2D eigenvalue weighted by Gasteiger charge is -2.30. The first-order valence-corrected chi connectivity index (χ1v) is 8.90.